The molecule has 3 aromatic heterocycles. The lowest BCUT2D eigenvalue weighted by molar-refractivity contribution is 0.0786. The average molecular weight is 568 g/mol. The molecule has 0 atom stereocenters. The van der Waals surface area contributed by atoms with Gasteiger partial charge in [-0.3, -0.25) is 10.3 Å². The Hall–Kier alpha value is -4.37. The first-order chi connectivity index (χ1) is 19.0. The van der Waals surface area contributed by atoms with Crippen LogP contribution in [0.2, 0.25) is 19.6 Å². The number of anilines is 3. The molecule has 3 aromatic rings. The Morgan fingerprint density at radius 1 is 1.07 bits per heavy atom. The predicted octanol–water partition coefficient (Wildman–Crippen LogP) is 6.51. The monoisotopic (exact) mass is 567 g/mol. The normalized spacial score (nSPS) is 10.8. The van der Waals surface area contributed by atoms with E-state index in [0.717, 1.165) is 6.42 Å². The molecule has 2 N–H and O–H groups in total. The molecule has 1 amide bonds. The molecule has 0 aromatic carbocycles. The Balaban J connectivity index is 1.72. The van der Waals surface area contributed by atoms with Crippen LogP contribution in [-0.2, 0) is 15.9 Å². The number of carbonyl (C=O) groups excluding carboxylic acids is 2. The third-order valence-electron chi connectivity index (χ3n) is 5.46. The topological polar surface area (TPSA) is 115 Å². The highest BCUT2D eigenvalue weighted by molar-refractivity contribution is 6.83. The molecule has 0 bridgehead atoms. The second-order valence-electron chi connectivity index (χ2n) is 9.93. The van der Waals surface area contributed by atoms with Crippen LogP contribution < -0.4 is 10.6 Å². The fraction of sp³-hybridized carbons (Fsp3) is 0.321. The minimum atomic E-state index is -1.62. The molecular formula is C28H31F2N5O4Si. The number of carbonyl (C=O) groups is 2. The maximum absolute atomic E-state index is 15.2. The molecule has 0 aliphatic carbocycles. The SMILES string of the molecule is CCCCOC(=O)OC(=O)Nc1nccc(Cc2cncc(Nc3ncc(C#C[Si](C)(C)C)cc3F)c2C)c1F. The van der Waals surface area contributed by atoms with Crippen LogP contribution in [0.25, 0.3) is 0 Å². The highest BCUT2D eigenvalue weighted by Crippen LogP contribution is 2.26. The molecule has 0 spiro atoms. The average Bonchev–Trinajstić information content (AvgIpc) is 2.88. The van der Waals surface area contributed by atoms with Crippen LogP contribution in [0.3, 0.4) is 0 Å². The van der Waals surface area contributed by atoms with Gasteiger partial charge < -0.3 is 14.8 Å². The molecular weight excluding hydrogens is 536 g/mol. The Morgan fingerprint density at radius 2 is 1.85 bits per heavy atom. The van der Waals surface area contributed by atoms with E-state index in [0.29, 0.717) is 28.8 Å². The lowest BCUT2D eigenvalue weighted by Gasteiger charge is -2.14. The number of nitrogens with one attached hydrogen (secondary N) is 2. The van der Waals surface area contributed by atoms with Gasteiger partial charge in [0, 0.05) is 30.6 Å². The van der Waals surface area contributed by atoms with Crippen LogP contribution in [-0.4, -0.2) is 41.9 Å². The number of amides is 1. The number of pyridine rings is 3. The number of rotatable bonds is 8. The van der Waals surface area contributed by atoms with Gasteiger partial charge in [-0.05, 0) is 42.2 Å². The van der Waals surface area contributed by atoms with E-state index in [4.69, 9.17) is 4.74 Å². The van der Waals surface area contributed by atoms with E-state index in [1.807, 2.05) is 6.92 Å². The third kappa shape index (κ3) is 8.84. The summed E-state index contributed by atoms with van der Waals surface area (Å²) in [4.78, 5) is 35.7. The molecule has 210 valence electrons. The highest BCUT2D eigenvalue weighted by Gasteiger charge is 2.18. The first kappa shape index (κ1) is 30.2. The van der Waals surface area contributed by atoms with Crippen molar-refractivity contribution in [1.82, 2.24) is 15.0 Å². The largest absolute Gasteiger partial charge is 0.517 e. The van der Waals surface area contributed by atoms with Crippen LogP contribution in [0, 0.1) is 30.0 Å². The molecule has 3 rings (SSSR count). The summed E-state index contributed by atoms with van der Waals surface area (Å²) in [5, 5.41) is 5.05. The van der Waals surface area contributed by atoms with Gasteiger partial charge in [0.25, 0.3) is 0 Å². The summed E-state index contributed by atoms with van der Waals surface area (Å²) in [5.41, 5.74) is 5.69. The smallest absolute Gasteiger partial charge is 0.434 e. The second-order valence-corrected chi connectivity index (χ2v) is 14.7. The van der Waals surface area contributed by atoms with Gasteiger partial charge in [-0.25, -0.2) is 28.3 Å². The van der Waals surface area contributed by atoms with Crippen molar-refractivity contribution < 1.29 is 27.8 Å². The van der Waals surface area contributed by atoms with E-state index in [2.05, 4.69) is 61.4 Å². The lowest BCUT2D eigenvalue weighted by atomic mass is 10.0. The van der Waals surface area contributed by atoms with Gasteiger partial charge in [-0.15, -0.1) is 5.54 Å². The van der Waals surface area contributed by atoms with Crippen molar-refractivity contribution >= 4 is 37.6 Å². The van der Waals surface area contributed by atoms with Gasteiger partial charge in [-0.2, -0.15) is 0 Å². The van der Waals surface area contributed by atoms with Crippen molar-refractivity contribution in [2.24, 2.45) is 0 Å². The Bertz CT molecular complexity index is 1450. The zero-order valence-electron chi connectivity index (χ0n) is 23.0. The van der Waals surface area contributed by atoms with E-state index in [-0.39, 0.29) is 24.4 Å². The fourth-order valence-corrected chi connectivity index (χ4v) is 3.82. The van der Waals surface area contributed by atoms with E-state index in [9.17, 15) is 14.0 Å². The molecule has 12 heteroatoms. The molecule has 0 unspecified atom stereocenters. The van der Waals surface area contributed by atoms with Gasteiger partial charge >= 0.3 is 12.2 Å². The van der Waals surface area contributed by atoms with Crippen LogP contribution in [0.5, 0.6) is 0 Å². The standard InChI is InChI=1S/C28H31F2N5O4Si/c1-6-7-11-38-28(37)39-27(36)35-26-24(30)20(8-10-32-26)14-21-16-31-17-23(18(21)2)34-25-22(29)13-19(15-33-25)9-12-40(3,4)5/h8,10,13,15-17H,6-7,11,14H2,1-5H3,(H,33,34)(H,32,35,36). The maximum atomic E-state index is 15.2. The van der Waals surface area contributed by atoms with Crippen LogP contribution in [0.4, 0.5) is 35.7 Å². The number of ether oxygens (including phenoxy) is 2. The summed E-state index contributed by atoms with van der Waals surface area (Å²) in [6.45, 7) is 10.1. The van der Waals surface area contributed by atoms with Crippen molar-refractivity contribution in [1.29, 1.82) is 0 Å². The minimum Gasteiger partial charge on any atom is -0.434 e. The maximum Gasteiger partial charge on any atom is 0.517 e. The molecule has 40 heavy (non-hydrogen) atoms. The Morgan fingerprint density at radius 3 is 2.55 bits per heavy atom. The van der Waals surface area contributed by atoms with Crippen molar-refractivity contribution in [3.05, 3.63) is 70.8 Å². The second kappa shape index (κ2) is 13.6. The molecule has 0 saturated heterocycles. The summed E-state index contributed by atoms with van der Waals surface area (Å²) in [6, 6.07) is 2.78. The van der Waals surface area contributed by atoms with Crippen molar-refractivity contribution in [2.75, 3.05) is 17.2 Å². The molecule has 0 aliphatic rings. The number of unbranched alkanes of at least 4 members (excludes halogenated alkanes) is 1. The van der Waals surface area contributed by atoms with Gasteiger partial charge in [0.05, 0.1) is 18.5 Å². The molecule has 3 heterocycles. The van der Waals surface area contributed by atoms with Crippen molar-refractivity contribution in [3.63, 3.8) is 0 Å². The van der Waals surface area contributed by atoms with E-state index < -0.39 is 37.8 Å². The number of nitrogens with zero attached hydrogens (tertiary/aromatic N) is 3. The molecule has 0 aliphatic heterocycles. The number of aromatic nitrogens is 3. The zero-order chi connectivity index (χ0) is 29.3. The van der Waals surface area contributed by atoms with Gasteiger partial charge in [-0.1, -0.05) is 38.9 Å². The van der Waals surface area contributed by atoms with Gasteiger partial charge in [0.1, 0.15) is 8.07 Å². The molecule has 9 nitrogen and oxygen atoms in total. The minimum absolute atomic E-state index is 0.00825. The van der Waals surface area contributed by atoms with E-state index >= 15 is 4.39 Å². The van der Waals surface area contributed by atoms with Crippen molar-refractivity contribution in [3.8, 4) is 11.5 Å². The number of halogens is 2. The first-order valence-electron chi connectivity index (χ1n) is 12.6. The molecule has 0 radical (unpaired) electrons. The quantitative estimate of drug-likeness (QED) is 0.104. The predicted molar refractivity (Wildman–Crippen MR) is 150 cm³/mol. The summed E-state index contributed by atoms with van der Waals surface area (Å²) >= 11 is 0. The Labute approximate surface area is 232 Å². The first-order valence-corrected chi connectivity index (χ1v) is 16.1. The summed E-state index contributed by atoms with van der Waals surface area (Å²) in [6.07, 6.45) is 4.99. The molecule has 0 fully saturated rings. The van der Waals surface area contributed by atoms with Crippen LogP contribution in [0.1, 0.15) is 42.0 Å². The fourth-order valence-electron chi connectivity index (χ4n) is 3.30. The highest BCUT2D eigenvalue weighted by atomic mass is 28.3. The summed E-state index contributed by atoms with van der Waals surface area (Å²) in [5.74, 6) is 1.20. The third-order valence-corrected chi connectivity index (χ3v) is 6.34. The van der Waals surface area contributed by atoms with Crippen molar-refractivity contribution in [2.45, 2.75) is 52.8 Å². The molecule has 0 saturated carbocycles. The summed E-state index contributed by atoms with van der Waals surface area (Å²) in [7, 11) is -1.62. The number of hydrogen-bond donors (Lipinski definition) is 2. The van der Waals surface area contributed by atoms with E-state index in [1.165, 1.54) is 30.7 Å². The van der Waals surface area contributed by atoms with Gasteiger partial charge in [0.15, 0.2) is 23.3 Å². The van der Waals surface area contributed by atoms with Gasteiger partial charge in [0.2, 0.25) is 0 Å². The zero-order valence-corrected chi connectivity index (χ0v) is 24.0. The Kier molecular flexibility index (Phi) is 10.3. The summed E-state index contributed by atoms with van der Waals surface area (Å²) < 4.78 is 39.1. The van der Waals surface area contributed by atoms with Crippen LogP contribution in [0.15, 0.2) is 36.9 Å². The van der Waals surface area contributed by atoms with Crippen LogP contribution >= 0.6 is 0 Å². The van der Waals surface area contributed by atoms with E-state index in [1.54, 1.807) is 13.1 Å². The lowest BCUT2D eigenvalue weighted by Crippen LogP contribution is -2.21. The number of hydrogen-bond acceptors (Lipinski definition) is 8.